The Hall–Kier alpha value is -0.920. The third-order valence-corrected chi connectivity index (χ3v) is 4.35. The van der Waals surface area contributed by atoms with E-state index < -0.39 is 0 Å². The summed E-state index contributed by atoms with van der Waals surface area (Å²) in [5.41, 5.74) is 1.55. The first-order valence-electron chi connectivity index (χ1n) is 5.30. The topological polar surface area (TPSA) is 34.1 Å². The molecule has 4 atom stereocenters. The van der Waals surface area contributed by atoms with Gasteiger partial charge in [-0.05, 0) is 32.6 Å². The van der Waals surface area contributed by atoms with Crippen LogP contribution in [0.15, 0.2) is 11.6 Å². The predicted octanol–water partition coefficient (Wildman–Crippen LogP) is 1.75. The third kappa shape index (κ3) is 0.737. The average Bonchev–Trinajstić information content (AvgIpc) is 2.88. The number of allylic oxidation sites excluding steroid dienone is 2. The predicted molar refractivity (Wildman–Crippen MR) is 51.6 cm³/mol. The van der Waals surface area contributed by atoms with E-state index in [-0.39, 0.29) is 17.3 Å². The second kappa shape index (κ2) is 2.18. The van der Waals surface area contributed by atoms with E-state index in [1.54, 1.807) is 13.8 Å². The molecular weight excluding hydrogens is 176 g/mol. The molecule has 0 radical (unpaired) electrons. The Labute approximate surface area is 83.4 Å². The lowest BCUT2D eigenvalue weighted by Crippen LogP contribution is -2.15. The first kappa shape index (κ1) is 8.39. The van der Waals surface area contributed by atoms with Crippen molar-refractivity contribution in [2.24, 2.45) is 23.2 Å². The minimum absolute atomic E-state index is 0.192. The van der Waals surface area contributed by atoms with Gasteiger partial charge in [-0.3, -0.25) is 9.59 Å². The summed E-state index contributed by atoms with van der Waals surface area (Å²) >= 11 is 0. The van der Waals surface area contributed by atoms with Crippen LogP contribution in [0.1, 0.15) is 26.7 Å². The smallest absolute Gasteiger partial charge is 0.137 e. The first-order chi connectivity index (χ1) is 6.59. The van der Waals surface area contributed by atoms with Gasteiger partial charge in [-0.1, -0.05) is 11.6 Å². The zero-order chi connectivity index (χ0) is 10.1. The summed E-state index contributed by atoms with van der Waals surface area (Å²) in [5.74, 6) is 1.51. The van der Waals surface area contributed by atoms with E-state index in [1.165, 1.54) is 5.57 Å². The molecule has 4 unspecified atom stereocenters. The van der Waals surface area contributed by atoms with Crippen molar-refractivity contribution in [3.8, 4) is 0 Å². The zero-order valence-corrected chi connectivity index (χ0v) is 8.54. The maximum atomic E-state index is 11.4. The second-order valence-corrected chi connectivity index (χ2v) is 5.01. The van der Waals surface area contributed by atoms with Crippen LogP contribution in [0.2, 0.25) is 0 Å². The molecule has 14 heavy (non-hydrogen) atoms. The molecule has 0 aliphatic heterocycles. The molecule has 0 amide bonds. The number of carbonyl (C=O) groups excluding carboxylic acids is 2. The van der Waals surface area contributed by atoms with Crippen molar-refractivity contribution in [3.63, 3.8) is 0 Å². The minimum Gasteiger partial charge on any atom is -0.300 e. The molecule has 0 aromatic heterocycles. The van der Waals surface area contributed by atoms with Gasteiger partial charge in [0.1, 0.15) is 11.6 Å². The molecule has 2 fully saturated rings. The average molecular weight is 190 g/mol. The molecule has 2 nitrogen and oxygen atoms in total. The van der Waals surface area contributed by atoms with Crippen LogP contribution in [-0.2, 0) is 9.59 Å². The maximum Gasteiger partial charge on any atom is 0.137 e. The van der Waals surface area contributed by atoms with Crippen molar-refractivity contribution >= 4 is 11.6 Å². The van der Waals surface area contributed by atoms with Crippen LogP contribution >= 0.6 is 0 Å². The normalized spacial score (nSPS) is 47.3. The van der Waals surface area contributed by atoms with E-state index >= 15 is 0 Å². The lowest BCUT2D eigenvalue weighted by Gasteiger charge is -2.12. The summed E-state index contributed by atoms with van der Waals surface area (Å²) in [6, 6.07) is 0. The molecule has 0 heterocycles. The van der Waals surface area contributed by atoms with Crippen molar-refractivity contribution in [3.05, 3.63) is 11.6 Å². The highest BCUT2D eigenvalue weighted by Gasteiger charge is 2.78. The van der Waals surface area contributed by atoms with Gasteiger partial charge in [-0.15, -0.1) is 0 Å². The number of hydrogen-bond acceptors (Lipinski definition) is 2. The van der Waals surface area contributed by atoms with Gasteiger partial charge in [0.25, 0.3) is 0 Å². The Morgan fingerprint density at radius 3 is 2.64 bits per heavy atom. The van der Waals surface area contributed by atoms with Gasteiger partial charge in [-0.25, -0.2) is 0 Å². The van der Waals surface area contributed by atoms with Crippen molar-refractivity contribution in [1.82, 2.24) is 0 Å². The highest BCUT2D eigenvalue weighted by molar-refractivity contribution is 5.92. The zero-order valence-electron chi connectivity index (χ0n) is 8.54. The Morgan fingerprint density at radius 2 is 2.07 bits per heavy atom. The summed E-state index contributed by atoms with van der Waals surface area (Å²) in [4.78, 5) is 22.7. The van der Waals surface area contributed by atoms with Crippen LogP contribution in [0.5, 0.6) is 0 Å². The summed E-state index contributed by atoms with van der Waals surface area (Å²) in [7, 11) is 0. The molecule has 0 aromatic rings. The van der Waals surface area contributed by atoms with E-state index in [0.717, 1.165) is 12.8 Å². The standard InChI is InChI=1S/C12H14O2/c1-6(13)8-3-4-9-11(7(2)14)12(9)5-10(8)12/h4,8,10-11H,3,5H2,1-2H3. The lowest BCUT2D eigenvalue weighted by atomic mass is 9.90. The molecule has 3 aliphatic rings. The van der Waals surface area contributed by atoms with E-state index in [1.807, 2.05) is 0 Å². The van der Waals surface area contributed by atoms with E-state index in [0.29, 0.717) is 17.5 Å². The molecule has 0 N–H and O–H groups in total. The summed E-state index contributed by atoms with van der Waals surface area (Å²) in [5, 5.41) is 0. The maximum absolute atomic E-state index is 11.4. The van der Waals surface area contributed by atoms with Gasteiger partial charge in [0.15, 0.2) is 0 Å². The van der Waals surface area contributed by atoms with Gasteiger partial charge in [0.2, 0.25) is 0 Å². The minimum atomic E-state index is 0.192. The van der Waals surface area contributed by atoms with Crippen molar-refractivity contribution < 1.29 is 9.59 Å². The monoisotopic (exact) mass is 190 g/mol. The Bertz CT molecular complexity index is 380. The van der Waals surface area contributed by atoms with Crippen LogP contribution < -0.4 is 0 Å². The molecule has 2 saturated carbocycles. The fourth-order valence-corrected chi connectivity index (χ4v) is 3.64. The molecule has 74 valence electrons. The van der Waals surface area contributed by atoms with Gasteiger partial charge in [0, 0.05) is 17.3 Å². The Morgan fingerprint density at radius 1 is 1.36 bits per heavy atom. The fraction of sp³-hybridized carbons (Fsp3) is 0.667. The highest BCUT2D eigenvalue weighted by atomic mass is 16.1. The van der Waals surface area contributed by atoms with Crippen LogP contribution in [0.25, 0.3) is 0 Å². The Kier molecular flexibility index (Phi) is 1.31. The molecule has 2 heteroatoms. The quantitative estimate of drug-likeness (QED) is 0.622. The van der Waals surface area contributed by atoms with Gasteiger partial charge >= 0.3 is 0 Å². The molecule has 0 aromatic carbocycles. The molecule has 1 spiro atoms. The SMILES string of the molecule is CC(=O)C1CC=C2C(C(C)=O)C23CC13. The van der Waals surface area contributed by atoms with Crippen LogP contribution in [-0.4, -0.2) is 11.6 Å². The molecular formula is C12H14O2. The summed E-state index contributed by atoms with van der Waals surface area (Å²) < 4.78 is 0. The van der Waals surface area contributed by atoms with Crippen molar-refractivity contribution in [1.29, 1.82) is 0 Å². The van der Waals surface area contributed by atoms with Crippen LogP contribution in [0, 0.1) is 23.2 Å². The molecule has 3 aliphatic carbocycles. The van der Waals surface area contributed by atoms with Gasteiger partial charge in [0.05, 0.1) is 0 Å². The summed E-state index contributed by atoms with van der Waals surface area (Å²) in [6.07, 6.45) is 4.12. The van der Waals surface area contributed by atoms with E-state index in [2.05, 4.69) is 6.08 Å². The molecule has 0 saturated heterocycles. The number of ketones is 2. The number of rotatable bonds is 2. The summed E-state index contributed by atoms with van der Waals surface area (Å²) in [6.45, 7) is 3.36. The number of Topliss-reactive ketones (excluding diaryl/α,β-unsaturated/α-hetero) is 2. The van der Waals surface area contributed by atoms with Gasteiger partial charge in [-0.2, -0.15) is 0 Å². The Balaban J connectivity index is 1.91. The van der Waals surface area contributed by atoms with Crippen LogP contribution in [0.4, 0.5) is 0 Å². The second-order valence-electron chi connectivity index (χ2n) is 5.01. The number of carbonyl (C=O) groups is 2. The first-order valence-corrected chi connectivity index (χ1v) is 5.30. The lowest BCUT2D eigenvalue weighted by molar-refractivity contribution is -0.122. The van der Waals surface area contributed by atoms with Crippen LogP contribution in [0.3, 0.4) is 0 Å². The van der Waals surface area contributed by atoms with Crippen molar-refractivity contribution in [2.75, 3.05) is 0 Å². The van der Waals surface area contributed by atoms with E-state index in [9.17, 15) is 9.59 Å². The largest absolute Gasteiger partial charge is 0.300 e. The molecule has 3 rings (SSSR count). The number of hydrogen-bond donors (Lipinski definition) is 0. The van der Waals surface area contributed by atoms with Crippen molar-refractivity contribution in [2.45, 2.75) is 26.7 Å². The molecule has 0 bridgehead atoms. The fourth-order valence-electron chi connectivity index (χ4n) is 3.64. The van der Waals surface area contributed by atoms with E-state index in [4.69, 9.17) is 0 Å². The third-order valence-electron chi connectivity index (χ3n) is 4.35. The van der Waals surface area contributed by atoms with Gasteiger partial charge < -0.3 is 0 Å². The highest BCUT2D eigenvalue weighted by Crippen LogP contribution is 2.82.